The first-order chi connectivity index (χ1) is 15.3. The number of carbonyl (C=O) groups is 2. The molecule has 0 bridgehead atoms. The molecular weight excluding hydrogens is 428 g/mol. The largest absolute Gasteiger partial charge is 0.490 e. The Balaban J connectivity index is 1.96. The third kappa shape index (κ3) is 5.64. The second kappa shape index (κ2) is 10.3. The van der Waals surface area contributed by atoms with Gasteiger partial charge in [-0.3, -0.25) is 9.59 Å². The van der Waals surface area contributed by atoms with Gasteiger partial charge < -0.3 is 19.5 Å². The van der Waals surface area contributed by atoms with Gasteiger partial charge in [0.25, 0.3) is 5.91 Å². The van der Waals surface area contributed by atoms with Crippen molar-refractivity contribution in [2.75, 3.05) is 20.7 Å². The maximum absolute atomic E-state index is 12.2. The molecule has 0 aliphatic carbocycles. The van der Waals surface area contributed by atoms with Crippen molar-refractivity contribution in [1.29, 1.82) is 0 Å². The summed E-state index contributed by atoms with van der Waals surface area (Å²) in [6.45, 7) is 3.96. The molecule has 1 aromatic heterocycles. The van der Waals surface area contributed by atoms with E-state index in [1.165, 1.54) is 16.2 Å². The Kier molecular flexibility index (Phi) is 7.48. The molecule has 3 aromatic rings. The summed E-state index contributed by atoms with van der Waals surface area (Å²) < 4.78 is 12.6. The number of likely N-dealkylation sites (N-methyl/N-ethyl adjacent to an activating group) is 1. The van der Waals surface area contributed by atoms with Crippen molar-refractivity contribution in [3.8, 4) is 11.5 Å². The molecule has 1 unspecified atom stereocenters. The molecule has 3 rings (SSSR count). The lowest BCUT2D eigenvalue weighted by atomic mass is 10.1. The van der Waals surface area contributed by atoms with Gasteiger partial charge >= 0.3 is 5.97 Å². The zero-order valence-electron chi connectivity index (χ0n) is 18.5. The maximum Gasteiger partial charge on any atom is 0.307 e. The van der Waals surface area contributed by atoms with E-state index in [9.17, 15) is 14.7 Å². The molecule has 0 radical (unpaired) electrons. The smallest absolute Gasteiger partial charge is 0.307 e. The van der Waals surface area contributed by atoms with Crippen molar-refractivity contribution in [3.05, 3.63) is 53.0 Å². The van der Waals surface area contributed by atoms with Crippen LogP contribution in [-0.2, 0) is 9.59 Å². The van der Waals surface area contributed by atoms with Crippen molar-refractivity contribution in [3.63, 3.8) is 0 Å². The van der Waals surface area contributed by atoms with Gasteiger partial charge in [0.2, 0.25) is 0 Å². The van der Waals surface area contributed by atoms with Gasteiger partial charge in [0.05, 0.1) is 23.2 Å². The Bertz CT molecular complexity index is 1120. The van der Waals surface area contributed by atoms with Gasteiger partial charge in [0.15, 0.2) is 17.6 Å². The highest BCUT2D eigenvalue weighted by atomic mass is 32.1. The number of hydrogen-bond acceptors (Lipinski definition) is 6. The van der Waals surface area contributed by atoms with Crippen LogP contribution in [0.4, 0.5) is 0 Å². The van der Waals surface area contributed by atoms with Gasteiger partial charge in [-0.05, 0) is 55.3 Å². The first-order valence-electron chi connectivity index (χ1n) is 10.2. The number of benzene rings is 2. The number of thiazole rings is 1. The summed E-state index contributed by atoms with van der Waals surface area (Å²) in [4.78, 5) is 29.7. The highest BCUT2D eigenvalue weighted by molar-refractivity contribution is 7.19. The molecule has 32 heavy (non-hydrogen) atoms. The topological polar surface area (TPSA) is 89.0 Å². The highest BCUT2D eigenvalue weighted by Crippen LogP contribution is 2.34. The Morgan fingerprint density at radius 2 is 1.94 bits per heavy atom. The number of aromatic nitrogens is 1. The third-order valence-electron chi connectivity index (χ3n) is 4.61. The predicted octanol–water partition coefficient (Wildman–Crippen LogP) is 4.57. The van der Waals surface area contributed by atoms with Crippen molar-refractivity contribution in [2.45, 2.75) is 26.4 Å². The molecule has 1 amide bonds. The molecule has 0 saturated heterocycles. The number of aliphatic carboxylic acids is 1. The quantitative estimate of drug-likeness (QED) is 0.510. The van der Waals surface area contributed by atoms with Gasteiger partial charge in [-0.25, -0.2) is 4.98 Å². The second-order valence-electron chi connectivity index (χ2n) is 7.36. The second-order valence-corrected chi connectivity index (χ2v) is 8.39. The summed E-state index contributed by atoms with van der Waals surface area (Å²) in [6, 6.07) is 13.0. The SMILES string of the molecule is CCOc1cc(C=C(CC(=O)O)c2nc3ccccc3s2)ccc1OC(C)C(=O)N(C)C. The molecule has 1 heterocycles. The number of amides is 1. The van der Waals surface area contributed by atoms with Gasteiger partial charge in [-0.1, -0.05) is 18.2 Å². The lowest BCUT2D eigenvalue weighted by molar-refractivity contribution is -0.136. The third-order valence-corrected chi connectivity index (χ3v) is 5.72. The van der Waals surface area contributed by atoms with E-state index in [4.69, 9.17) is 9.47 Å². The van der Waals surface area contributed by atoms with Crippen LogP contribution in [0.5, 0.6) is 11.5 Å². The molecule has 1 N–H and O–H groups in total. The number of carbonyl (C=O) groups excluding carboxylic acids is 1. The highest BCUT2D eigenvalue weighted by Gasteiger charge is 2.19. The first-order valence-corrected chi connectivity index (χ1v) is 11.0. The van der Waals surface area contributed by atoms with Crippen LogP contribution in [0.2, 0.25) is 0 Å². The number of carboxylic acids is 1. The lowest BCUT2D eigenvalue weighted by Gasteiger charge is -2.20. The molecule has 0 spiro atoms. The number of carboxylic acid groups (broad SMARTS) is 1. The number of fused-ring (bicyclic) bond motifs is 1. The van der Waals surface area contributed by atoms with Crippen molar-refractivity contribution in [2.24, 2.45) is 0 Å². The summed E-state index contributed by atoms with van der Waals surface area (Å²) >= 11 is 1.46. The Labute approximate surface area is 190 Å². The lowest BCUT2D eigenvalue weighted by Crippen LogP contribution is -2.35. The number of para-hydroxylation sites is 1. The van der Waals surface area contributed by atoms with Gasteiger partial charge in [-0.15, -0.1) is 11.3 Å². The molecule has 0 fully saturated rings. The fourth-order valence-electron chi connectivity index (χ4n) is 3.15. The molecule has 168 valence electrons. The van der Waals surface area contributed by atoms with Crippen LogP contribution in [0, 0.1) is 0 Å². The van der Waals surface area contributed by atoms with Crippen molar-refractivity contribution >= 4 is 45.1 Å². The van der Waals surface area contributed by atoms with Crippen LogP contribution in [0.25, 0.3) is 21.9 Å². The molecule has 8 heteroatoms. The van der Waals surface area contributed by atoms with Crippen LogP contribution in [0.1, 0.15) is 30.8 Å². The monoisotopic (exact) mass is 454 g/mol. The van der Waals surface area contributed by atoms with Crippen LogP contribution < -0.4 is 9.47 Å². The zero-order valence-corrected chi connectivity index (χ0v) is 19.3. The standard InChI is InChI=1S/C24H26N2O5S/c1-5-30-20-13-16(10-11-19(20)31-15(2)24(29)26(3)4)12-17(14-22(27)28)23-25-18-8-6-7-9-21(18)32-23/h6-13,15H,5,14H2,1-4H3,(H,27,28). The molecule has 0 aliphatic heterocycles. The minimum Gasteiger partial charge on any atom is -0.490 e. The van der Waals surface area contributed by atoms with Crippen molar-refractivity contribution in [1.82, 2.24) is 9.88 Å². The van der Waals surface area contributed by atoms with E-state index in [1.807, 2.05) is 31.2 Å². The summed E-state index contributed by atoms with van der Waals surface area (Å²) in [5.41, 5.74) is 2.19. The molecule has 0 aliphatic rings. The molecule has 0 saturated carbocycles. The minimum atomic E-state index is -0.934. The molecule has 7 nitrogen and oxygen atoms in total. The minimum absolute atomic E-state index is 0.156. The van der Waals surface area contributed by atoms with E-state index in [-0.39, 0.29) is 12.3 Å². The summed E-state index contributed by atoms with van der Waals surface area (Å²) in [5.74, 6) is -0.155. The van der Waals surface area contributed by atoms with Crippen molar-refractivity contribution < 1.29 is 24.2 Å². The maximum atomic E-state index is 12.2. The van der Waals surface area contributed by atoms with Gasteiger partial charge in [0.1, 0.15) is 5.01 Å². The fraction of sp³-hybridized carbons (Fsp3) is 0.292. The van der Waals surface area contributed by atoms with E-state index >= 15 is 0 Å². The average molecular weight is 455 g/mol. The zero-order chi connectivity index (χ0) is 23.3. The normalized spacial score (nSPS) is 12.4. The molecule has 2 aromatic carbocycles. The van der Waals surface area contributed by atoms with E-state index in [1.54, 1.807) is 45.3 Å². The number of hydrogen-bond donors (Lipinski definition) is 1. The van der Waals surface area contributed by atoms with Crippen LogP contribution in [0.3, 0.4) is 0 Å². The van der Waals surface area contributed by atoms with E-state index in [2.05, 4.69) is 4.98 Å². The number of ether oxygens (including phenoxy) is 2. The fourth-order valence-corrected chi connectivity index (χ4v) is 4.13. The van der Waals surface area contributed by atoms with E-state index in [0.29, 0.717) is 28.7 Å². The van der Waals surface area contributed by atoms with Crippen LogP contribution >= 0.6 is 11.3 Å². The Morgan fingerprint density at radius 3 is 2.59 bits per heavy atom. The molecular formula is C24H26N2O5S. The summed E-state index contributed by atoms with van der Waals surface area (Å²) in [5, 5.41) is 10.1. The number of nitrogens with zero attached hydrogens (tertiary/aromatic N) is 2. The van der Waals surface area contributed by atoms with Crippen LogP contribution in [0.15, 0.2) is 42.5 Å². The average Bonchev–Trinajstić information content (AvgIpc) is 3.18. The molecule has 1 atom stereocenters. The number of rotatable bonds is 9. The predicted molar refractivity (Wildman–Crippen MR) is 126 cm³/mol. The van der Waals surface area contributed by atoms with E-state index < -0.39 is 12.1 Å². The summed E-state index contributed by atoms with van der Waals surface area (Å²) in [6.07, 6.45) is 0.971. The Hall–Kier alpha value is -3.39. The summed E-state index contributed by atoms with van der Waals surface area (Å²) in [7, 11) is 3.34. The Morgan fingerprint density at radius 1 is 1.19 bits per heavy atom. The van der Waals surface area contributed by atoms with E-state index in [0.717, 1.165) is 15.8 Å². The van der Waals surface area contributed by atoms with Crippen LogP contribution in [-0.4, -0.2) is 53.7 Å². The van der Waals surface area contributed by atoms with Gasteiger partial charge in [0, 0.05) is 14.1 Å². The van der Waals surface area contributed by atoms with Gasteiger partial charge in [-0.2, -0.15) is 0 Å². The first kappa shape index (κ1) is 23.3.